The molecule has 1 aliphatic heterocycles. The van der Waals surface area contributed by atoms with Crippen LogP contribution in [0.15, 0.2) is 83.8 Å². The summed E-state index contributed by atoms with van der Waals surface area (Å²) in [6.45, 7) is 0.948. The molecule has 0 radical (unpaired) electrons. The van der Waals surface area contributed by atoms with E-state index in [9.17, 15) is 13.2 Å². The minimum Gasteiger partial charge on any atom is -0.497 e. The largest absolute Gasteiger partial charge is 0.497 e. The maximum absolute atomic E-state index is 13.8. The van der Waals surface area contributed by atoms with Crippen molar-refractivity contribution < 1.29 is 27.4 Å². The van der Waals surface area contributed by atoms with Crippen LogP contribution in [0.3, 0.4) is 0 Å². The van der Waals surface area contributed by atoms with Gasteiger partial charge in [-0.15, -0.1) is 0 Å². The van der Waals surface area contributed by atoms with Crippen molar-refractivity contribution in [3.63, 3.8) is 0 Å². The van der Waals surface area contributed by atoms with Crippen molar-refractivity contribution in [2.75, 3.05) is 24.6 Å². The van der Waals surface area contributed by atoms with Gasteiger partial charge in [0.1, 0.15) is 12.4 Å². The average Bonchev–Trinajstić information content (AvgIpc) is 3.40. The smallest absolute Gasteiger partial charge is 0.338 e. The highest BCUT2D eigenvalue weighted by molar-refractivity contribution is 7.92. The van der Waals surface area contributed by atoms with Gasteiger partial charge in [0.15, 0.2) is 0 Å². The number of ether oxygens (including phenoxy) is 3. The summed E-state index contributed by atoms with van der Waals surface area (Å²) < 4.78 is 44.9. The van der Waals surface area contributed by atoms with E-state index in [-0.39, 0.29) is 29.7 Å². The van der Waals surface area contributed by atoms with E-state index in [1.807, 2.05) is 30.3 Å². The number of rotatable bonds is 9. The van der Waals surface area contributed by atoms with E-state index < -0.39 is 16.0 Å². The SMILES string of the molecule is COc1ccc(N(Cc2ccccc2)S(=O)(=O)c2cccc(C(=O)OCC3CCCO3)c2)cc1. The van der Waals surface area contributed by atoms with Gasteiger partial charge in [-0.1, -0.05) is 36.4 Å². The number of methoxy groups -OCH3 is 1. The average molecular weight is 482 g/mol. The molecule has 0 N–H and O–H groups in total. The van der Waals surface area contributed by atoms with Gasteiger partial charge in [-0.2, -0.15) is 0 Å². The van der Waals surface area contributed by atoms with Crippen LogP contribution >= 0.6 is 0 Å². The Balaban J connectivity index is 1.62. The Morgan fingerprint density at radius 1 is 1.03 bits per heavy atom. The van der Waals surface area contributed by atoms with E-state index in [2.05, 4.69) is 0 Å². The molecule has 1 saturated heterocycles. The van der Waals surface area contributed by atoms with E-state index >= 15 is 0 Å². The van der Waals surface area contributed by atoms with Crippen LogP contribution in [0.5, 0.6) is 5.75 Å². The predicted molar refractivity (Wildman–Crippen MR) is 129 cm³/mol. The second-order valence-corrected chi connectivity index (χ2v) is 9.82. The maximum Gasteiger partial charge on any atom is 0.338 e. The third-order valence-corrected chi connectivity index (χ3v) is 7.38. The second-order valence-electron chi connectivity index (χ2n) is 7.96. The van der Waals surface area contributed by atoms with Crippen LogP contribution in [-0.4, -0.2) is 40.8 Å². The second kappa shape index (κ2) is 10.7. The lowest BCUT2D eigenvalue weighted by atomic mass is 10.2. The topological polar surface area (TPSA) is 82.1 Å². The highest BCUT2D eigenvalue weighted by atomic mass is 32.2. The number of carbonyl (C=O) groups excluding carboxylic acids is 1. The molecule has 7 nitrogen and oxygen atoms in total. The Morgan fingerprint density at radius 3 is 2.47 bits per heavy atom. The lowest BCUT2D eigenvalue weighted by Gasteiger charge is -2.25. The molecule has 0 spiro atoms. The molecular weight excluding hydrogens is 454 g/mol. The third kappa shape index (κ3) is 5.58. The lowest BCUT2D eigenvalue weighted by Crippen LogP contribution is -2.30. The quantitative estimate of drug-likeness (QED) is 0.421. The van der Waals surface area contributed by atoms with Crippen LogP contribution in [0, 0.1) is 0 Å². The van der Waals surface area contributed by atoms with E-state index in [0.717, 1.165) is 18.4 Å². The fourth-order valence-corrected chi connectivity index (χ4v) is 5.25. The Hall–Kier alpha value is -3.36. The van der Waals surface area contributed by atoms with E-state index in [1.165, 1.54) is 16.4 Å². The summed E-state index contributed by atoms with van der Waals surface area (Å²) in [7, 11) is -2.45. The monoisotopic (exact) mass is 481 g/mol. The van der Waals surface area contributed by atoms with Crippen molar-refractivity contribution >= 4 is 21.7 Å². The first kappa shape index (κ1) is 23.8. The van der Waals surface area contributed by atoms with Gasteiger partial charge < -0.3 is 14.2 Å². The molecule has 0 amide bonds. The molecule has 0 bridgehead atoms. The van der Waals surface area contributed by atoms with E-state index in [4.69, 9.17) is 14.2 Å². The molecule has 1 aliphatic rings. The molecule has 0 aromatic heterocycles. The molecule has 0 aliphatic carbocycles. The van der Waals surface area contributed by atoms with E-state index in [0.29, 0.717) is 18.0 Å². The van der Waals surface area contributed by atoms with Crippen molar-refractivity contribution in [3.8, 4) is 5.75 Å². The molecular formula is C26H27NO6S. The van der Waals surface area contributed by atoms with Crippen molar-refractivity contribution in [3.05, 3.63) is 90.0 Å². The van der Waals surface area contributed by atoms with Gasteiger partial charge in [-0.05, 0) is 60.9 Å². The number of sulfonamides is 1. The standard InChI is InChI=1S/C26H27NO6S/c1-31-23-14-12-22(13-15-23)27(18-20-7-3-2-4-8-20)34(29,30)25-11-5-9-21(17-25)26(28)33-19-24-10-6-16-32-24/h2-5,7-9,11-15,17,24H,6,10,16,18-19H2,1H3. The lowest BCUT2D eigenvalue weighted by molar-refractivity contribution is 0.0161. The zero-order valence-corrected chi connectivity index (χ0v) is 19.7. The summed E-state index contributed by atoms with van der Waals surface area (Å²) in [4.78, 5) is 12.6. The number of hydrogen-bond donors (Lipinski definition) is 0. The number of anilines is 1. The predicted octanol–water partition coefficient (Wildman–Crippen LogP) is 4.43. The van der Waals surface area contributed by atoms with Crippen LogP contribution in [0.1, 0.15) is 28.8 Å². The van der Waals surface area contributed by atoms with Crippen molar-refractivity contribution in [1.82, 2.24) is 0 Å². The highest BCUT2D eigenvalue weighted by Gasteiger charge is 2.27. The van der Waals surface area contributed by atoms with Gasteiger partial charge in [0, 0.05) is 6.61 Å². The van der Waals surface area contributed by atoms with Crippen LogP contribution < -0.4 is 9.04 Å². The van der Waals surface area contributed by atoms with Gasteiger partial charge in [0.2, 0.25) is 0 Å². The molecule has 8 heteroatoms. The minimum atomic E-state index is -4.00. The van der Waals surface area contributed by atoms with Crippen LogP contribution in [0.4, 0.5) is 5.69 Å². The number of nitrogens with zero attached hydrogens (tertiary/aromatic N) is 1. The van der Waals surface area contributed by atoms with Gasteiger partial charge in [0.25, 0.3) is 10.0 Å². The normalized spacial score (nSPS) is 15.6. The Morgan fingerprint density at radius 2 is 1.79 bits per heavy atom. The first-order valence-corrected chi connectivity index (χ1v) is 12.5. The summed E-state index contributed by atoms with van der Waals surface area (Å²) in [6, 6.07) is 22.1. The zero-order chi connectivity index (χ0) is 24.0. The van der Waals surface area contributed by atoms with Gasteiger partial charge in [0.05, 0.1) is 35.9 Å². The van der Waals surface area contributed by atoms with Crippen molar-refractivity contribution in [2.45, 2.75) is 30.4 Å². The number of benzene rings is 3. The zero-order valence-electron chi connectivity index (χ0n) is 18.9. The highest BCUT2D eigenvalue weighted by Crippen LogP contribution is 2.28. The fourth-order valence-electron chi connectivity index (χ4n) is 3.75. The molecule has 3 aromatic rings. The first-order valence-electron chi connectivity index (χ1n) is 11.1. The maximum atomic E-state index is 13.8. The minimum absolute atomic E-state index is 0.00538. The molecule has 1 fully saturated rings. The molecule has 4 rings (SSSR count). The summed E-state index contributed by atoms with van der Waals surface area (Å²) in [6.07, 6.45) is 1.68. The Bertz CT molecular complexity index is 1210. The van der Waals surface area contributed by atoms with Crippen LogP contribution in [0.25, 0.3) is 0 Å². The summed E-state index contributed by atoms with van der Waals surface area (Å²) in [5.74, 6) is 0.0448. The molecule has 178 valence electrons. The molecule has 3 aromatic carbocycles. The molecule has 0 saturated carbocycles. The van der Waals surface area contributed by atoms with Gasteiger partial charge in [-0.25, -0.2) is 13.2 Å². The van der Waals surface area contributed by atoms with E-state index in [1.54, 1.807) is 43.5 Å². The summed E-state index contributed by atoms with van der Waals surface area (Å²) >= 11 is 0. The summed E-state index contributed by atoms with van der Waals surface area (Å²) in [5.41, 5.74) is 1.48. The van der Waals surface area contributed by atoms with Crippen molar-refractivity contribution in [1.29, 1.82) is 0 Å². The van der Waals surface area contributed by atoms with Gasteiger partial charge in [-0.3, -0.25) is 4.31 Å². The Kier molecular flexibility index (Phi) is 7.49. The van der Waals surface area contributed by atoms with Crippen LogP contribution in [-0.2, 0) is 26.0 Å². The number of hydrogen-bond acceptors (Lipinski definition) is 6. The van der Waals surface area contributed by atoms with Gasteiger partial charge >= 0.3 is 5.97 Å². The number of carbonyl (C=O) groups is 1. The molecule has 1 unspecified atom stereocenters. The van der Waals surface area contributed by atoms with Crippen molar-refractivity contribution in [2.24, 2.45) is 0 Å². The molecule has 1 atom stereocenters. The summed E-state index contributed by atoms with van der Waals surface area (Å²) in [5, 5.41) is 0. The molecule has 34 heavy (non-hydrogen) atoms. The first-order chi connectivity index (χ1) is 16.5. The third-order valence-electron chi connectivity index (χ3n) is 5.61. The number of esters is 1. The molecule has 1 heterocycles. The fraction of sp³-hybridized carbons (Fsp3) is 0.269. The van der Waals surface area contributed by atoms with Crippen LogP contribution in [0.2, 0.25) is 0 Å². The Labute approximate surface area is 199 Å².